The van der Waals surface area contributed by atoms with Crippen molar-refractivity contribution >= 4 is 22.6 Å². The second-order valence-electron chi connectivity index (χ2n) is 11.2. The second kappa shape index (κ2) is 13.8. The Morgan fingerprint density at radius 3 is 1.78 bits per heavy atom. The molecule has 0 atom stereocenters. The van der Waals surface area contributed by atoms with Crippen molar-refractivity contribution in [1.82, 2.24) is 0 Å². The van der Waals surface area contributed by atoms with Crippen LogP contribution in [0, 0.1) is 0 Å². The van der Waals surface area contributed by atoms with Gasteiger partial charge in [-0.1, -0.05) is 152 Å². The summed E-state index contributed by atoms with van der Waals surface area (Å²) < 4.78 is 0. The first-order valence-electron chi connectivity index (χ1n) is 15.4. The zero-order valence-electron chi connectivity index (χ0n) is 25.9. The summed E-state index contributed by atoms with van der Waals surface area (Å²) >= 11 is 0. The summed E-state index contributed by atoms with van der Waals surface area (Å²) in [5, 5.41) is 0. The number of benzene rings is 6. The van der Waals surface area contributed by atoms with E-state index >= 15 is 0 Å². The quantitative estimate of drug-likeness (QED) is 0.154. The Kier molecular flexibility index (Phi) is 8.99. The third-order valence-electron chi connectivity index (χ3n) is 7.95. The highest BCUT2D eigenvalue weighted by atomic mass is 15.1. The lowest BCUT2D eigenvalue weighted by Crippen LogP contribution is -2.11. The maximum Gasteiger partial charge on any atom is 0.0540 e. The monoisotopic (exact) mass is 579 g/mol. The van der Waals surface area contributed by atoms with Gasteiger partial charge in [0, 0.05) is 16.9 Å². The van der Waals surface area contributed by atoms with Crippen molar-refractivity contribution in [3.8, 4) is 33.4 Å². The minimum atomic E-state index is 1.03. The molecule has 1 nitrogen and oxygen atoms in total. The van der Waals surface area contributed by atoms with Crippen LogP contribution in [-0.4, -0.2) is 0 Å². The van der Waals surface area contributed by atoms with Crippen LogP contribution in [0.5, 0.6) is 0 Å². The minimum absolute atomic E-state index is 1.03. The SMILES string of the molecule is C=C(C)C=CC(=CC)c1cccc(-c2cccc(N(c3ccc(-c4ccccc4)cc3)c3ccccc3-c3ccccc3)c2)c1. The fourth-order valence-corrected chi connectivity index (χ4v) is 5.69. The van der Waals surface area contributed by atoms with E-state index < -0.39 is 0 Å². The first-order valence-corrected chi connectivity index (χ1v) is 15.4. The van der Waals surface area contributed by atoms with Gasteiger partial charge in [-0.25, -0.2) is 0 Å². The van der Waals surface area contributed by atoms with Gasteiger partial charge >= 0.3 is 0 Å². The third-order valence-corrected chi connectivity index (χ3v) is 7.95. The summed E-state index contributed by atoms with van der Waals surface area (Å²) in [4.78, 5) is 2.37. The molecule has 0 aliphatic carbocycles. The molecule has 6 aromatic carbocycles. The predicted molar refractivity (Wildman–Crippen MR) is 195 cm³/mol. The van der Waals surface area contributed by atoms with Gasteiger partial charge < -0.3 is 4.90 Å². The van der Waals surface area contributed by atoms with Crippen LogP contribution < -0.4 is 4.90 Å². The Labute approximate surface area is 267 Å². The van der Waals surface area contributed by atoms with Crippen molar-refractivity contribution in [3.63, 3.8) is 0 Å². The third kappa shape index (κ3) is 6.79. The lowest BCUT2D eigenvalue weighted by atomic mass is 9.97. The fourth-order valence-electron chi connectivity index (χ4n) is 5.69. The molecule has 0 aliphatic heterocycles. The molecule has 0 saturated heterocycles. The van der Waals surface area contributed by atoms with E-state index in [4.69, 9.17) is 0 Å². The van der Waals surface area contributed by atoms with E-state index in [9.17, 15) is 0 Å². The van der Waals surface area contributed by atoms with Gasteiger partial charge in [0.15, 0.2) is 0 Å². The zero-order chi connectivity index (χ0) is 31.0. The van der Waals surface area contributed by atoms with Crippen LogP contribution in [0.25, 0.3) is 39.0 Å². The van der Waals surface area contributed by atoms with Crippen molar-refractivity contribution in [2.45, 2.75) is 13.8 Å². The molecule has 0 spiro atoms. The number of anilines is 3. The largest absolute Gasteiger partial charge is 0.310 e. The molecule has 0 amide bonds. The lowest BCUT2D eigenvalue weighted by molar-refractivity contribution is 1.28. The van der Waals surface area contributed by atoms with E-state index in [0.717, 1.165) is 28.2 Å². The molecule has 0 aliphatic rings. The van der Waals surface area contributed by atoms with E-state index in [2.05, 4.69) is 194 Å². The number of hydrogen-bond acceptors (Lipinski definition) is 1. The van der Waals surface area contributed by atoms with E-state index in [1.807, 2.05) is 6.92 Å². The molecule has 6 rings (SSSR count). The minimum Gasteiger partial charge on any atom is -0.310 e. The molecule has 45 heavy (non-hydrogen) atoms. The molecule has 0 N–H and O–H groups in total. The zero-order valence-corrected chi connectivity index (χ0v) is 25.9. The maximum atomic E-state index is 4.02. The molecule has 0 unspecified atom stereocenters. The van der Waals surface area contributed by atoms with E-state index in [-0.39, 0.29) is 0 Å². The van der Waals surface area contributed by atoms with Gasteiger partial charge in [-0.05, 0) is 89.2 Å². The van der Waals surface area contributed by atoms with Crippen LogP contribution in [0.1, 0.15) is 19.4 Å². The van der Waals surface area contributed by atoms with Gasteiger partial charge in [0.1, 0.15) is 0 Å². The number of allylic oxidation sites excluding steroid dienone is 5. The molecule has 0 bridgehead atoms. The van der Waals surface area contributed by atoms with E-state index in [1.54, 1.807) is 0 Å². The summed E-state index contributed by atoms with van der Waals surface area (Å²) in [5.41, 5.74) is 13.8. The van der Waals surface area contributed by atoms with Crippen molar-refractivity contribution < 1.29 is 0 Å². The normalized spacial score (nSPS) is 11.5. The lowest BCUT2D eigenvalue weighted by Gasteiger charge is -2.28. The first kappa shape index (κ1) is 29.4. The Morgan fingerprint density at radius 1 is 0.511 bits per heavy atom. The Balaban J connectivity index is 1.47. The summed E-state index contributed by atoms with van der Waals surface area (Å²) in [7, 11) is 0. The maximum absolute atomic E-state index is 4.02. The Bertz CT molecular complexity index is 1960. The number of para-hydroxylation sites is 1. The number of nitrogens with zero attached hydrogens (tertiary/aromatic N) is 1. The molecule has 0 heterocycles. The topological polar surface area (TPSA) is 3.24 Å². The van der Waals surface area contributed by atoms with Gasteiger partial charge in [0.2, 0.25) is 0 Å². The molecule has 0 fully saturated rings. The van der Waals surface area contributed by atoms with Gasteiger partial charge in [-0.15, -0.1) is 0 Å². The molecular weight excluding hydrogens is 542 g/mol. The number of rotatable bonds is 9. The van der Waals surface area contributed by atoms with Crippen LogP contribution >= 0.6 is 0 Å². The molecule has 0 radical (unpaired) electrons. The predicted octanol–water partition coefficient (Wildman–Crippen LogP) is 12.7. The van der Waals surface area contributed by atoms with Gasteiger partial charge in [-0.3, -0.25) is 0 Å². The van der Waals surface area contributed by atoms with Gasteiger partial charge in [-0.2, -0.15) is 0 Å². The van der Waals surface area contributed by atoms with E-state index in [0.29, 0.717) is 0 Å². The highest BCUT2D eigenvalue weighted by Gasteiger charge is 2.18. The summed E-state index contributed by atoms with van der Waals surface area (Å²) in [6.07, 6.45) is 6.35. The Hall–Kier alpha value is -5.66. The van der Waals surface area contributed by atoms with Crippen LogP contribution in [0.2, 0.25) is 0 Å². The summed E-state index contributed by atoms with van der Waals surface area (Å²) in [6.45, 7) is 8.12. The molecule has 0 saturated carbocycles. The smallest absolute Gasteiger partial charge is 0.0540 e. The van der Waals surface area contributed by atoms with Crippen LogP contribution in [0.15, 0.2) is 188 Å². The summed E-state index contributed by atoms with van der Waals surface area (Å²) in [5.74, 6) is 0. The van der Waals surface area contributed by atoms with Crippen molar-refractivity contribution in [2.24, 2.45) is 0 Å². The van der Waals surface area contributed by atoms with Crippen molar-refractivity contribution in [1.29, 1.82) is 0 Å². The molecule has 1 heteroatoms. The molecule has 0 aromatic heterocycles. The standard InChI is InChI=1S/C44H37N/c1-4-34(26-25-33(2)3)38-19-13-20-39(31-38)40-21-14-22-42(32-40)45(41-29-27-36(28-30-41)35-15-7-5-8-16-35)44-24-12-11-23-43(44)37-17-9-6-10-18-37/h4-32H,2H2,1,3H3. The van der Waals surface area contributed by atoms with Crippen molar-refractivity contribution in [3.05, 3.63) is 194 Å². The Morgan fingerprint density at radius 2 is 1.09 bits per heavy atom. The highest BCUT2D eigenvalue weighted by Crippen LogP contribution is 2.42. The van der Waals surface area contributed by atoms with Crippen LogP contribution in [0.3, 0.4) is 0 Å². The molecular formula is C44H37N. The van der Waals surface area contributed by atoms with Crippen molar-refractivity contribution in [2.75, 3.05) is 4.90 Å². The van der Waals surface area contributed by atoms with Gasteiger partial charge in [0.25, 0.3) is 0 Å². The van der Waals surface area contributed by atoms with Gasteiger partial charge in [0.05, 0.1) is 5.69 Å². The van der Waals surface area contributed by atoms with Crippen LogP contribution in [-0.2, 0) is 0 Å². The second-order valence-corrected chi connectivity index (χ2v) is 11.2. The number of hydrogen-bond donors (Lipinski definition) is 0. The fraction of sp³-hybridized carbons (Fsp3) is 0.0455. The van der Waals surface area contributed by atoms with Crippen LogP contribution in [0.4, 0.5) is 17.1 Å². The van der Waals surface area contributed by atoms with E-state index in [1.165, 1.54) is 39.0 Å². The molecule has 6 aromatic rings. The average Bonchev–Trinajstić information content (AvgIpc) is 3.10. The average molecular weight is 580 g/mol. The molecule has 218 valence electrons. The summed E-state index contributed by atoms with van der Waals surface area (Å²) in [6, 6.07) is 56.3. The first-order chi connectivity index (χ1) is 22.1. The highest BCUT2D eigenvalue weighted by molar-refractivity contribution is 5.89.